The molecule has 1 nitrogen and oxygen atoms in total. The van der Waals surface area contributed by atoms with Crippen LogP contribution in [0.1, 0.15) is 54.4 Å². The van der Waals surface area contributed by atoms with Gasteiger partial charge in [0.15, 0.2) is 0 Å². The summed E-state index contributed by atoms with van der Waals surface area (Å²) in [6.45, 7) is 21.2. The zero-order valence-corrected chi connectivity index (χ0v) is 17.3. The summed E-state index contributed by atoms with van der Waals surface area (Å²) in [4.78, 5) is 0. The van der Waals surface area contributed by atoms with Gasteiger partial charge in [-0.2, -0.15) is 5.26 Å². The number of hydrogen-bond donors (Lipinski definition) is 0. The molecule has 0 aliphatic heterocycles. The Morgan fingerprint density at radius 2 is 1.92 bits per heavy atom. The highest BCUT2D eigenvalue weighted by molar-refractivity contribution is 5.52. The first-order valence-electron chi connectivity index (χ1n) is 9.36. The van der Waals surface area contributed by atoms with Gasteiger partial charge in [-0.05, 0) is 75.2 Å². The minimum absolute atomic E-state index is 0.491. The molecular weight excluding hydrogens is 314 g/mol. The van der Waals surface area contributed by atoms with Crippen molar-refractivity contribution in [2.45, 2.75) is 54.4 Å². The van der Waals surface area contributed by atoms with Crippen molar-refractivity contribution in [2.24, 2.45) is 11.8 Å². The van der Waals surface area contributed by atoms with Crippen LogP contribution in [0, 0.1) is 23.2 Å². The van der Waals surface area contributed by atoms with Gasteiger partial charge in [0.05, 0.1) is 6.07 Å². The van der Waals surface area contributed by atoms with Crippen LogP contribution in [-0.2, 0) is 0 Å². The van der Waals surface area contributed by atoms with Gasteiger partial charge in [0, 0.05) is 5.57 Å². The summed E-state index contributed by atoms with van der Waals surface area (Å²) < 4.78 is 0. The van der Waals surface area contributed by atoms with Crippen molar-refractivity contribution in [3.8, 4) is 6.07 Å². The predicted molar refractivity (Wildman–Crippen MR) is 115 cm³/mol. The zero-order chi connectivity index (χ0) is 19.9. The van der Waals surface area contributed by atoms with Crippen LogP contribution in [-0.4, -0.2) is 0 Å². The van der Waals surface area contributed by atoms with Gasteiger partial charge in [-0.3, -0.25) is 0 Å². The predicted octanol–water partition coefficient (Wildman–Crippen LogP) is 7.40. The third-order valence-electron chi connectivity index (χ3n) is 4.92. The van der Waals surface area contributed by atoms with Crippen molar-refractivity contribution in [1.29, 1.82) is 5.26 Å². The highest BCUT2D eigenvalue weighted by atomic mass is 14.3. The lowest BCUT2D eigenvalue weighted by Crippen LogP contribution is -2.17. The van der Waals surface area contributed by atoms with E-state index in [1.807, 2.05) is 13.0 Å². The topological polar surface area (TPSA) is 23.8 Å². The van der Waals surface area contributed by atoms with Gasteiger partial charge in [-0.25, -0.2) is 0 Å². The Bertz CT molecular complexity index is 754. The summed E-state index contributed by atoms with van der Waals surface area (Å²) in [5, 5.41) is 8.98. The van der Waals surface area contributed by atoms with E-state index in [2.05, 4.69) is 78.1 Å². The number of nitrogens with zero attached hydrogens (tertiary/aromatic N) is 1. The van der Waals surface area contributed by atoms with E-state index in [1.165, 1.54) is 22.3 Å². The molecule has 1 unspecified atom stereocenters. The number of rotatable bonds is 7. The van der Waals surface area contributed by atoms with Crippen molar-refractivity contribution in [1.82, 2.24) is 0 Å². The third-order valence-corrected chi connectivity index (χ3v) is 4.92. The molecule has 0 bridgehead atoms. The van der Waals surface area contributed by atoms with Crippen LogP contribution in [0.2, 0.25) is 0 Å². The maximum atomic E-state index is 8.98. The fourth-order valence-electron chi connectivity index (χ4n) is 3.27. The average Bonchev–Trinajstić information content (AvgIpc) is 2.59. The molecule has 26 heavy (non-hydrogen) atoms. The average molecular weight is 348 g/mol. The molecule has 0 heterocycles. The van der Waals surface area contributed by atoms with Crippen LogP contribution in [0.25, 0.3) is 0 Å². The van der Waals surface area contributed by atoms with E-state index in [0.29, 0.717) is 17.4 Å². The Labute approximate surface area is 160 Å². The fourth-order valence-corrected chi connectivity index (χ4v) is 3.27. The van der Waals surface area contributed by atoms with E-state index in [0.717, 1.165) is 24.0 Å². The van der Waals surface area contributed by atoms with Gasteiger partial charge in [-0.15, -0.1) is 0 Å². The first-order valence-corrected chi connectivity index (χ1v) is 9.36. The van der Waals surface area contributed by atoms with Gasteiger partial charge in [0.1, 0.15) is 0 Å². The molecule has 0 aromatic heterocycles. The lowest BCUT2D eigenvalue weighted by atomic mass is 9.75. The quantitative estimate of drug-likeness (QED) is 0.347. The molecule has 138 valence electrons. The van der Waals surface area contributed by atoms with Crippen molar-refractivity contribution >= 4 is 0 Å². The molecular formula is C25H33N. The van der Waals surface area contributed by atoms with Crippen LogP contribution >= 0.6 is 0 Å². The van der Waals surface area contributed by atoms with E-state index in [1.54, 1.807) is 0 Å². The van der Waals surface area contributed by atoms with Crippen LogP contribution in [0.3, 0.4) is 0 Å². The number of allylic oxidation sites excluding steroid dienone is 12. The second-order valence-corrected chi connectivity index (χ2v) is 7.67. The second-order valence-electron chi connectivity index (χ2n) is 7.67. The first-order chi connectivity index (χ1) is 12.2. The van der Waals surface area contributed by atoms with E-state index in [-0.39, 0.29) is 0 Å². The largest absolute Gasteiger partial charge is 0.192 e. The molecule has 0 aromatic rings. The van der Waals surface area contributed by atoms with E-state index in [9.17, 15) is 0 Å². The van der Waals surface area contributed by atoms with Gasteiger partial charge >= 0.3 is 0 Å². The maximum Gasteiger partial charge on any atom is 0.0985 e. The molecule has 0 saturated heterocycles. The van der Waals surface area contributed by atoms with E-state index >= 15 is 0 Å². The van der Waals surface area contributed by atoms with E-state index < -0.39 is 0 Å². The van der Waals surface area contributed by atoms with Gasteiger partial charge in [-0.1, -0.05) is 68.0 Å². The molecule has 0 amide bonds. The standard InChI is InChI=1S/C25H33N/c1-9-18(4)13-23(14-20(6)12-21(7)16-26)22(8)24-11-10-19(5)15-25(24)17(2)3/h9-13,17,25H,7-8,14-15H2,1-6H3/b18-9-,20-12+,23-13-. The molecule has 1 rings (SSSR count). The molecule has 0 saturated carbocycles. The highest BCUT2D eigenvalue weighted by Gasteiger charge is 2.24. The Kier molecular flexibility index (Phi) is 8.33. The smallest absolute Gasteiger partial charge is 0.0985 e. The number of hydrogen-bond acceptors (Lipinski definition) is 1. The monoisotopic (exact) mass is 347 g/mol. The van der Waals surface area contributed by atoms with Gasteiger partial charge < -0.3 is 0 Å². The molecule has 1 heteroatoms. The first kappa shape index (κ1) is 21.7. The van der Waals surface area contributed by atoms with Crippen molar-refractivity contribution < 1.29 is 0 Å². The van der Waals surface area contributed by atoms with Crippen LogP contribution < -0.4 is 0 Å². The summed E-state index contributed by atoms with van der Waals surface area (Å²) in [7, 11) is 0. The molecule has 1 aliphatic rings. The number of nitriles is 1. The van der Waals surface area contributed by atoms with Gasteiger partial charge in [0.25, 0.3) is 0 Å². The minimum Gasteiger partial charge on any atom is -0.192 e. The Hall–Kier alpha value is -2.33. The highest BCUT2D eigenvalue weighted by Crippen LogP contribution is 2.38. The molecule has 0 radical (unpaired) electrons. The van der Waals surface area contributed by atoms with Crippen molar-refractivity contribution in [3.05, 3.63) is 82.5 Å². The third kappa shape index (κ3) is 6.19. The summed E-state index contributed by atoms with van der Waals surface area (Å²) in [6.07, 6.45) is 12.5. The van der Waals surface area contributed by atoms with Crippen molar-refractivity contribution in [2.75, 3.05) is 0 Å². The zero-order valence-electron chi connectivity index (χ0n) is 17.3. The Morgan fingerprint density at radius 3 is 2.46 bits per heavy atom. The molecule has 1 atom stereocenters. The summed E-state index contributed by atoms with van der Waals surface area (Å²) in [5.74, 6) is 1.07. The lowest BCUT2D eigenvalue weighted by Gasteiger charge is -2.30. The summed E-state index contributed by atoms with van der Waals surface area (Å²) >= 11 is 0. The molecule has 0 spiro atoms. The molecule has 1 aliphatic carbocycles. The van der Waals surface area contributed by atoms with Crippen LogP contribution in [0.5, 0.6) is 0 Å². The van der Waals surface area contributed by atoms with Crippen LogP contribution in [0.15, 0.2) is 82.5 Å². The SMILES string of the molecule is C=C(C#N)/C=C(\C)C/C(=C/C(C)=C\C)C(=C)C1=CC=C(C)CC1C(C)C. The summed E-state index contributed by atoms with van der Waals surface area (Å²) in [5.41, 5.74) is 7.93. The van der Waals surface area contributed by atoms with Crippen molar-refractivity contribution in [3.63, 3.8) is 0 Å². The summed E-state index contributed by atoms with van der Waals surface area (Å²) in [6, 6.07) is 2.10. The Morgan fingerprint density at radius 1 is 1.27 bits per heavy atom. The lowest BCUT2D eigenvalue weighted by molar-refractivity contribution is 0.439. The van der Waals surface area contributed by atoms with Gasteiger partial charge in [0.2, 0.25) is 0 Å². The maximum absolute atomic E-state index is 8.98. The van der Waals surface area contributed by atoms with Crippen LogP contribution in [0.4, 0.5) is 0 Å². The normalized spacial score (nSPS) is 19.0. The van der Waals surface area contributed by atoms with E-state index in [4.69, 9.17) is 5.26 Å². The second kappa shape index (κ2) is 9.97. The Balaban J connectivity index is 3.28. The minimum atomic E-state index is 0.491. The molecule has 0 aromatic carbocycles. The fraction of sp³-hybridized carbons (Fsp3) is 0.400. The molecule has 0 N–H and O–H groups in total. The molecule has 0 fully saturated rings.